The van der Waals surface area contributed by atoms with E-state index in [0.29, 0.717) is 27.7 Å². The molecule has 0 amide bonds. The smallest absolute Gasteiger partial charge is 0.456 e. The largest absolute Gasteiger partial charge is 0.534 e. The van der Waals surface area contributed by atoms with E-state index in [1.165, 1.54) is 12.1 Å². The van der Waals surface area contributed by atoms with Gasteiger partial charge in [0, 0.05) is 61.8 Å². The van der Waals surface area contributed by atoms with Crippen molar-refractivity contribution in [3.05, 3.63) is 164 Å². The molecule has 0 radical (unpaired) electrons. The van der Waals surface area contributed by atoms with Crippen LogP contribution in [0.15, 0.2) is 168 Å². The molecule has 0 saturated heterocycles. The lowest BCUT2D eigenvalue weighted by Gasteiger charge is -2.27. The molecule has 54 heavy (non-hydrogen) atoms. The van der Waals surface area contributed by atoms with Crippen LogP contribution < -0.4 is 14.0 Å². The van der Waals surface area contributed by atoms with Gasteiger partial charge in [-0.25, -0.2) is 0 Å². The van der Waals surface area contributed by atoms with E-state index in [0.717, 1.165) is 42.9 Å². The molecule has 0 aliphatic carbocycles. The minimum Gasteiger partial charge on any atom is -0.456 e. The van der Waals surface area contributed by atoms with Crippen molar-refractivity contribution in [2.45, 2.75) is 5.51 Å². The van der Waals surface area contributed by atoms with E-state index in [9.17, 15) is 21.6 Å². The number of anilines is 6. The molecule has 2 heterocycles. The summed E-state index contributed by atoms with van der Waals surface area (Å²) in [6.45, 7) is 0. The van der Waals surface area contributed by atoms with Gasteiger partial charge in [0.15, 0.2) is 0 Å². The van der Waals surface area contributed by atoms with Gasteiger partial charge in [0.2, 0.25) is 0 Å². The molecule has 7 aromatic carbocycles. The number of thiophene rings is 1. The Kier molecular flexibility index (Phi) is 8.06. The molecule has 0 atom stereocenters. The van der Waals surface area contributed by atoms with Gasteiger partial charge in [-0.05, 0) is 60.7 Å². The van der Waals surface area contributed by atoms with E-state index >= 15 is 0 Å². The minimum atomic E-state index is -6.02. The first kappa shape index (κ1) is 33.5. The number of nitrogens with zero attached hydrogens (tertiary/aromatic N) is 2. The number of alkyl halides is 3. The summed E-state index contributed by atoms with van der Waals surface area (Å²) < 4.78 is 79.2. The van der Waals surface area contributed by atoms with E-state index < -0.39 is 21.4 Å². The zero-order valence-electron chi connectivity index (χ0n) is 28.1. The van der Waals surface area contributed by atoms with Crippen LogP contribution in [0, 0.1) is 0 Å². The summed E-state index contributed by atoms with van der Waals surface area (Å²) in [6, 6.07) is 51.2. The van der Waals surface area contributed by atoms with Gasteiger partial charge in [-0.3, -0.25) is 0 Å². The van der Waals surface area contributed by atoms with Crippen LogP contribution in [0.25, 0.3) is 42.1 Å². The maximum absolute atomic E-state index is 13.7. The predicted octanol–water partition coefficient (Wildman–Crippen LogP) is 13.1. The first-order valence-electron chi connectivity index (χ1n) is 16.8. The third-order valence-corrected chi connectivity index (χ3v) is 11.4. The minimum absolute atomic E-state index is 0.141. The Morgan fingerprint density at radius 3 is 1.78 bits per heavy atom. The second-order valence-electron chi connectivity index (χ2n) is 12.5. The van der Waals surface area contributed by atoms with E-state index in [1.54, 1.807) is 11.3 Å². The third kappa shape index (κ3) is 5.78. The molecule has 0 saturated carbocycles. The Bertz CT molecular complexity index is 2890. The van der Waals surface area contributed by atoms with Crippen LogP contribution in [0.1, 0.15) is 0 Å². The standard InChI is InChI=1S/C43H27F3N2O4S2/c44-43(45,46)54(49,50)52-32-26-37(48(30-17-8-3-9-18-30)36-21-12-20-34-33-19-10-11-22-40(33)53-42(34)36)41-35-24-23-31(25-38(35)51-39(41)27-32)47(28-13-4-1-5-14-28)29-15-6-2-7-16-29/h1-27H. The number of furan rings is 1. The lowest BCUT2D eigenvalue weighted by atomic mass is 10.1. The van der Waals surface area contributed by atoms with Crippen LogP contribution >= 0.6 is 11.3 Å². The Balaban J connectivity index is 1.33. The molecule has 9 rings (SSSR count). The summed E-state index contributed by atoms with van der Waals surface area (Å²) in [7, 11) is -6.02. The molecular formula is C43H27F3N2O4S2. The zero-order chi connectivity index (χ0) is 37.0. The summed E-state index contributed by atoms with van der Waals surface area (Å²) in [5, 5.41) is 3.29. The zero-order valence-corrected chi connectivity index (χ0v) is 29.7. The van der Waals surface area contributed by atoms with Crippen molar-refractivity contribution in [1.82, 2.24) is 0 Å². The van der Waals surface area contributed by atoms with E-state index in [4.69, 9.17) is 8.60 Å². The molecule has 0 aliphatic heterocycles. The van der Waals surface area contributed by atoms with Crippen LogP contribution in [0.4, 0.5) is 47.3 Å². The van der Waals surface area contributed by atoms with Gasteiger partial charge in [0.25, 0.3) is 0 Å². The Hall–Kier alpha value is -6.30. The van der Waals surface area contributed by atoms with Gasteiger partial charge in [-0.2, -0.15) is 21.6 Å². The van der Waals surface area contributed by atoms with Gasteiger partial charge < -0.3 is 18.4 Å². The van der Waals surface area contributed by atoms with Crippen molar-refractivity contribution >= 4 is 97.7 Å². The van der Waals surface area contributed by atoms with Gasteiger partial charge >= 0.3 is 15.6 Å². The molecule has 11 heteroatoms. The van der Waals surface area contributed by atoms with Gasteiger partial charge in [-0.15, -0.1) is 11.3 Å². The highest BCUT2D eigenvalue weighted by atomic mass is 32.2. The van der Waals surface area contributed by atoms with Crippen LogP contribution in [-0.4, -0.2) is 13.9 Å². The quantitative estimate of drug-likeness (QED) is 0.114. The molecule has 0 spiro atoms. The number of para-hydroxylation sites is 3. The molecule has 0 aliphatic rings. The summed E-state index contributed by atoms with van der Waals surface area (Å²) in [5.74, 6) is -0.547. The van der Waals surface area contributed by atoms with Crippen LogP contribution in [0.5, 0.6) is 5.75 Å². The Labute approximate surface area is 311 Å². The number of benzene rings is 7. The van der Waals surface area contributed by atoms with Crippen molar-refractivity contribution in [2.75, 3.05) is 9.80 Å². The first-order chi connectivity index (χ1) is 26.2. The Morgan fingerprint density at radius 2 is 1.13 bits per heavy atom. The number of hydrogen-bond acceptors (Lipinski definition) is 7. The summed E-state index contributed by atoms with van der Waals surface area (Å²) in [4.78, 5) is 3.98. The van der Waals surface area contributed by atoms with Crippen LogP contribution in [0.2, 0.25) is 0 Å². The molecule has 0 bridgehead atoms. The topological polar surface area (TPSA) is 63.0 Å². The van der Waals surface area contributed by atoms with Gasteiger partial charge in [0.1, 0.15) is 16.9 Å². The second kappa shape index (κ2) is 13.0. The third-order valence-electron chi connectivity index (χ3n) is 9.17. The molecule has 2 aromatic heterocycles. The number of fused-ring (bicyclic) bond motifs is 6. The van der Waals surface area contributed by atoms with Crippen molar-refractivity contribution < 1.29 is 30.2 Å². The summed E-state index contributed by atoms with van der Waals surface area (Å²) in [5.41, 5.74) is -0.708. The fraction of sp³-hybridized carbons (Fsp3) is 0.0233. The van der Waals surface area contributed by atoms with Crippen molar-refractivity contribution in [1.29, 1.82) is 0 Å². The van der Waals surface area contributed by atoms with Crippen molar-refractivity contribution in [3.8, 4) is 5.75 Å². The first-order valence-corrected chi connectivity index (χ1v) is 19.1. The molecular weight excluding hydrogens is 730 g/mol. The molecule has 0 fully saturated rings. The molecule has 9 aromatic rings. The van der Waals surface area contributed by atoms with Gasteiger partial charge in [-0.1, -0.05) is 84.9 Å². The van der Waals surface area contributed by atoms with Gasteiger partial charge in [0.05, 0.1) is 21.5 Å². The van der Waals surface area contributed by atoms with E-state index in [1.807, 2.05) is 150 Å². The van der Waals surface area contributed by atoms with Crippen molar-refractivity contribution in [3.63, 3.8) is 0 Å². The number of hydrogen-bond donors (Lipinski definition) is 0. The maximum atomic E-state index is 13.7. The fourth-order valence-corrected chi connectivity index (χ4v) is 8.53. The second-order valence-corrected chi connectivity index (χ2v) is 15.1. The average Bonchev–Trinajstić information content (AvgIpc) is 3.74. The van der Waals surface area contributed by atoms with Crippen LogP contribution in [-0.2, 0) is 10.1 Å². The Morgan fingerprint density at radius 1 is 0.537 bits per heavy atom. The lowest BCUT2D eigenvalue weighted by molar-refractivity contribution is -0.0500. The normalized spacial score (nSPS) is 12.1. The SMILES string of the molecule is O=S(=O)(Oc1cc(N(c2ccccc2)c2cccc3c2sc2ccccc23)c2c(c1)oc1cc(N(c3ccccc3)c3ccccc3)ccc12)C(F)(F)F. The monoisotopic (exact) mass is 756 g/mol. The predicted molar refractivity (Wildman–Crippen MR) is 212 cm³/mol. The van der Waals surface area contributed by atoms with E-state index in [2.05, 4.69) is 11.0 Å². The molecule has 0 N–H and O–H groups in total. The average molecular weight is 757 g/mol. The lowest BCUT2D eigenvalue weighted by Crippen LogP contribution is -2.28. The van der Waals surface area contributed by atoms with E-state index in [-0.39, 0.29) is 5.58 Å². The highest BCUT2D eigenvalue weighted by molar-refractivity contribution is 7.88. The molecule has 6 nitrogen and oxygen atoms in total. The fourth-order valence-electron chi connectivity index (χ4n) is 6.88. The maximum Gasteiger partial charge on any atom is 0.534 e. The summed E-state index contributed by atoms with van der Waals surface area (Å²) >= 11 is 1.59. The van der Waals surface area contributed by atoms with Crippen LogP contribution in [0.3, 0.4) is 0 Å². The highest BCUT2D eigenvalue weighted by Gasteiger charge is 2.48. The number of rotatable bonds is 8. The highest BCUT2D eigenvalue weighted by Crippen LogP contribution is 2.50. The molecule has 266 valence electrons. The summed E-state index contributed by atoms with van der Waals surface area (Å²) in [6.07, 6.45) is 0. The number of halogens is 3. The molecule has 0 unspecified atom stereocenters. The van der Waals surface area contributed by atoms with Crippen molar-refractivity contribution in [2.24, 2.45) is 0 Å².